The molecule has 3 nitrogen and oxygen atoms in total. The molecule has 0 spiro atoms. The summed E-state index contributed by atoms with van der Waals surface area (Å²) in [5, 5.41) is 2.70. The van der Waals surface area contributed by atoms with Crippen LogP contribution in [-0.4, -0.2) is 18.0 Å². The minimum absolute atomic E-state index is 0.425. The van der Waals surface area contributed by atoms with Gasteiger partial charge in [-0.3, -0.25) is 5.32 Å². The molecule has 1 rings (SSSR count). The van der Waals surface area contributed by atoms with Crippen LogP contribution in [0.15, 0.2) is 29.2 Å². The van der Waals surface area contributed by atoms with Crippen LogP contribution in [0, 0.1) is 0 Å². The molecular weight excluding hydrogens is 222 g/mol. The van der Waals surface area contributed by atoms with Gasteiger partial charge in [0.25, 0.3) is 0 Å². The van der Waals surface area contributed by atoms with E-state index in [1.54, 1.807) is 11.8 Å². The number of carbonyl (C=O) groups excluding carboxylic acids is 1. The molecule has 0 saturated heterocycles. The Morgan fingerprint density at radius 1 is 1.38 bits per heavy atom. The van der Waals surface area contributed by atoms with Crippen LogP contribution in [-0.2, 0) is 4.74 Å². The Kier molecular flexibility index (Phi) is 4.24. The summed E-state index contributed by atoms with van der Waals surface area (Å²) in [4.78, 5) is 12.6. The van der Waals surface area contributed by atoms with Crippen molar-refractivity contribution in [2.45, 2.75) is 31.3 Å². The molecule has 0 fully saturated rings. The molecule has 4 heteroatoms. The van der Waals surface area contributed by atoms with Crippen LogP contribution in [0.25, 0.3) is 0 Å². The summed E-state index contributed by atoms with van der Waals surface area (Å²) in [6.45, 7) is 5.51. The normalized spacial score (nSPS) is 11.0. The second kappa shape index (κ2) is 5.25. The fourth-order valence-electron chi connectivity index (χ4n) is 1.12. The maximum atomic E-state index is 11.5. The molecule has 1 amide bonds. The third kappa shape index (κ3) is 4.57. The second-order valence-electron chi connectivity index (χ2n) is 4.36. The first-order valence-electron chi connectivity index (χ1n) is 5.05. The average Bonchev–Trinajstić information content (AvgIpc) is 2.15. The molecule has 0 heterocycles. The van der Waals surface area contributed by atoms with Gasteiger partial charge in [0.2, 0.25) is 0 Å². The van der Waals surface area contributed by atoms with E-state index in [-0.39, 0.29) is 0 Å². The van der Waals surface area contributed by atoms with Crippen molar-refractivity contribution in [1.29, 1.82) is 0 Å². The Morgan fingerprint density at radius 3 is 2.62 bits per heavy atom. The second-order valence-corrected chi connectivity index (χ2v) is 5.24. The van der Waals surface area contributed by atoms with Crippen molar-refractivity contribution in [3.63, 3.8) is 0 Å². The number of thioether (sulfide) groups is 1. The maximum absolute atomic E-state index is 11.5. The highest BCUT2D eigenvalue weighted by atomic mass is 32.2. The molecule has 0 radical (unpaired) electrons. The smallest absolute Gasteiger partial charge is 0.412 e. The first kappa shape index (κ1) is 12.9. The van der Waals surface area contributed by atoms with Crippen molar-refractivity contribution in [1.82, 2.24) is 0 Å². The van der Waals surface area contributed by atoms with Gasteiger partial charge in [-0.05, 0) is 45.2 Å². The van der Waals surface area contributed by atoms with Gasteiger partial charge in [0.05, 0.1) is 0 Å². The van der Waals surface area contributed by atoms with Gasteiger partial charge in [0.1, 0.15) is 5.60 Å². The van der Waals surface area contributed by atoms with Crippen molar-refractivity contribution in [2.75, 3.05) is 11.6 Å². The quantitative estimate of drug-likeness (QED) is 0.799. The maximum Gasteiger partial charge on any atom is 0.412 e. The van der Waals surface area contributed by atoms with E-state index < -0.39 is 11.7 Å². The minimum atomic E-state index is -0.471. The van der Waals surface area contributed by atoms with Gasteiger partial charge in [-0.2, -0.15) is 0 Å². The molecule has 0 aliphatic heterocycles. The van der Waals surface area contributed by atoms with Crippen LogP contribution in [0.3, 0.4) is 0 Å². The Labute approximate surface area is 101 Å². The Bertz CT molecular complexity index is 372. The molecule has 1 aromatic carbocycles. The fraction of sp³-hybridized carbons (Fsp3) is 0.417. The first-order chi connectivity index (χ1) is 7.40. The highest BCUT2D eigenvalue weighted by molar-refractivity contribution is 7.98. The third-order valence-electron chi connectivity index (χ3n) is 1.72. The van der Waals surface area contributed by atoms with Gasteiger partial charge in [0, 0.05) is 10.6 Å². The number of anilines is 1. The molecule has 0 atom stereocenters. The van der Waals surface area contributed by atoms with Gasteiger partial charge in [-0.15, -0.1) is 11.8 Å². The van der Waals surface area contributed by atoms with Crippen LogP contribution >= 0.6 is 11.8 Å². The monoisotopic (exact) mass is 239 g/mol. The number of amides is 1. The summed E-state index contributed by atoms with van der Waals surface area (Å²) in [6.07, 6.45) is 1.57. The van der Waals surface area contributed by atoms with Crippen molar-refractivity contribution in [3.05, 3.63) is 24.3 Å². The standard InChI is InChI=1S/C12H17NO2S/c1-12(2,3)15-11(14)13-9-6-5-7-10(8-9)16-4/h5-8H,1-4H3,(H,13,14). The summed E-state index contributed by atoms with van der Waals surface area (Å²) < 4.78 is 5.16. The van der Waals surface area contributed by atoms with E-state index >= 15 is 0 Å². The number of carbonyl (C=O) groups is 1. The van der Waals surface area contributed by atoms with Crippen molar-refractivity contribution in [2.24, 2.45) is 0 Å². The molecule has 1 aromatic rings. The number of hydrogen-bond acceptors (Lipinski definition) is 3. The lowest BCUT2D eigenvalue weighted by Gasteiger charge is -2.19. The van der Waals surface area contributed by atoms with E-state index in [2.05, 4.69) is 5.32 Å². The van der Waals surface area contributed by atoms with Crippen LogP contribution in [0.4, 0.5) is 10.5 Å². The molecule has 1 N–H and O–H groups in total. The molecule has 0 aliphatic rings. The van der Waals surface area contributed by atoms with Gasteiger partial charge < -0.3 is 4.74 Å². The van der Waals surface area contributed by atoms with Crippen molar-refractivity contribution < 1.29 is 9.53 Å². The zero-order valence-corrected chi connectivity index (χ0v) is 10.9. The van der Waals surface area contributed by atoms with Gasteiger partial charge in [0.15, 0.2) is 0 Å². The summed E-state index contributed by atoms with van der Waals surface area (Å²) in [6, 6.07) is 7.64. The molecule has 0 aromatic heterocycles. The number of rotatable bonds is 2. The molecule has 0 saturated carbocycles. The topological polar surface area (TPSA) is 38.3 Å². The van der Waals surface area contributed by atoms with Gasteiger partial charge in [-0.25, -0.2) is 4.79 Å². The summed E-state index contributed by atoms with van der Waals surface area (Å²) in [7, 11) is 0. The number of benzene rings is 1. The molecule has 0 bridgehead atoms. The third-order valence-corrected chi connectivity index (χ3v) is 2.44. The average molecular weight is 239 g/mol. The van der Waals surface area contributed by atoms with E-state index in [1.165, 1.54) is 0 Å². The molecule has 16 heavy (non-hydrogen) atoms. The Hall–Kier alpha value is -1.16. The highest BCUT2D eigenvalue weighted by Gasteiger charge is 2.16. The van der Waals surface area contributed by atoms with Crippen LogP contribution < -0.4 is 5.32 Å². The zero-order chi connectivity index (χ0) is 12.2. The Balaban J connectivity index is 2.62. The lowest BCUT2D eigenvalue weighted by molar-refractivity contribution is 0.0636. The predicted octanol–water partition coefficient (Wildman–Crippen LogP) is 3.76. The lowest BCUT2D eigenvalue weighted by Crippen LogP contribution is -2.27. The van der Waals surface area contributed by atoms with E-state index in [4.69, 9.17) is 4.74 Å². The fourth-order valence-corrected chi connectivity index (χ4v) is 1.58. The summed E-state index contributed by atoms with van der Waals surface area (Å²) >= 11 is 1.63. The molecule has 88 valence electrons. The van der Waals surface area contributed by atoms with Crippen molar-refractivity contribution >= 4 is 23.5 Å². The first-order valence-corrected chi connectivity index (χ1v) is 6.27. The molecular formula is C12H17NO2S. The lowest BCUT2D eigenvalue weighted by atomic mass is 10.2. The van der Waals surface area contributed by atoms with E-state index in [0.29, 0.717) is 0 Å². The highest BCUT2D eigenvalue weighted by Crippen LogP contribution is 2.19. The van der Waals surface area contributed by atoms with E-state index in [1.807, 2.05) is 51.3 Å². The predicted molar refractivity (Wildman–Crippen MR) is 68.1 cm³/mol. The number of ether oxygens (including phenoxy) is 1. The number of hydrogen-bond donors (Lipinski definition) is 1. The molecule has 0 aliphatic carbocycles. The van der Waals surface area contributed by atoms with Crippen LogP contribution in [0.2, 0.25) is 0 Å². The Morgan fingerprint density at radius 2 is 2.06 bits per heavy atom. The number of nitrogens with one attached hydrogen (secondary N) is 1. The van der Waals surface area contributed by atoms with E-state index in [9.17, 15) is 4.79 Å². The molecule has 0 unspecified atom stereocenters. The zero-order valence-electron chi connectivity index (χ0n) is 10.0. The summed E-state index contributed by atoms with van der Waals surface area (Å²) in [5.41, 5.74) is 0.280. The minimum Gasteiger partial charge on any atom is -0.444 e. The van der Waals surface area contributed by atoms with Gasteiger partial charge in [-0.1, -0.05) is 6.07 Å². The van der Waals surface area contributed by atoms with Crippen LogP contribution in [0.5, 0.6) is 0 Å². The van der Waals surface area contributed by atoms with Gasteiger partial charge >= 0.3 is 6.09 Å². The largest absolute Gasteiger partial charge is 0.444 e. The SMILES string of the molecule is CSc1cccc(NC(=O)OC(C)(C)C)c1. The summed E-state index contributed by atoms with van der Waals surface area (Å²) in [5.74, 6) is 0. The van der Waals surface area contributed by atoms with Crippen molar-refractivity contribution in [3.8, 4) is 0 Å². The van der Waals surface area contributed by atoms with Crippen LogP contribution in [0.1, 0.15) is 20.8 Å². The van der Waals surface area contributed by atoms with E-state index in [0.717, 1.165) is 10.6 Å².